The van der Waals surface area contributed by atoms with Crippen LogP contribution in [0.2, 0.25) is 0 Å². The highest BCUT2D eigenvalue weighted by molar-refractivity contribution is 6.05. The number of benzene rings is 3. The number of hydrogen-bond acceptors (Lipinski definition) is 8. The molecule has 10 nitrogen and oxygen atoms in total. The number of nitrogens with zero attached hydrogens (tertiary/aromatic N) is 3. The molecule has 0 spiro atoms. The first-order chi connectivity index (χ1) is 23.7. The molecule has 3 aromatic rings. The summed E-state index contributed by atoms with van der Waals surface area (Å²) in [5.41, 5.74) is 7.02. The second-order valence-electron chi connectivity index (χ2n) is 14.2. The molecular formula is C39H46N6O4. The van der Waals surface area contributed by atoms with E-state index in [0.29, 0.717) is 37.3 Å². The summed E-state index contributed by atoms with van der Waals surface area (Å²) in [6.07, 6.45) is 6.56. The van der Waals surface area contributed by atoms with Gasteiger partial charge in [-0.15, -0.1) is 0 Å². The van der Waals surface area contributed by atoms with E-state index < -0.39 is 17.6 Å². The number of anilines is 2. The van der Waals surface area contributed by atoms with Crippen molar-refractivity contribution >= 4 is 35.3 Å². The Labute approximate surface area is 288 Å². The molecular weight excluding hydrogens is 616 g/mol. The second kappa shape index (κ2) is 13.8. The summed E-state index contributed by atoms with van der Waals surface area (Å²) in [5, 5.41) is 24.9. The molecule has 3 fully saturated rings. The van der Waals surface area contributed by atoms with Gasteiger partial charge in [-0.05, 0) is 97.0 Å². The van der Waals surface area contributed by atoms with E-state index in [9.17, 15) is 19.5 Å². The number of nitrogens with one attached hydrogen (secondary N) is 3. The summed E-state index contributed by atoms with van der Waals surface area (Å²) in [6, 6.07) is 20.3. The highest BCUT2D eigenvalue weighted by Gasteiger charge is 2.41. The van der Waals surface area contributed by atoms with Crippen LogP contribution in [0.4, 0.5) is 11.4 Å². The van der Waals surface area contributed by atoms with Crippen molar-refractivity contribution in [1.82, 2.24) is 15.1 Å². The Morgan fingerprint density at radius 3 is 2.37 bits per heavy atom. The largest absolute Gasteiger partial charge is 0.388 e. The van der Waals surface area contributed by atoms with Crippen LogP contribution in [0.25, 0.3) is 0 Å². The predicted octanol–water partition coefficient (Wildman–Crippen LogP) is 4.43. The second-order valence-corrected chi connectivity index (χ2v) is 14.2. The van der Waals surface area contributed by atoms with Gasteiger partial charge in [-0.3, -0.25) is 24.6 Å². The SMILES string of the molecule is CNc1ccc(CC2CCN(c3ccc(CN4CCC(O)(c5ccc6c(c5)CN(C5CCC(=O)NC5=O)C6=O)CC4)cc3)CC2)cc1C=N. The Balaban J connectivity index is 0.894. The van der Waals surface area contributed by atoms with E-state index in [2.05, 4.69) is 62.9 Å². The summed E-state index contributed by atoms with van der Waals surface area (Å²) in [5.74, 6) is -0.258. The Morgan fingerprint density at radius 1 is 0.939 bits per heavy atom. The molecule has 1 atom stereocenters. The lowest BCUT2D eigenvalue weighted by atomic mass is 9.83. The van der Waals surface area contributed by atoms with E-state index in [1.165, 1.54) is 23.0 Å². The summed E-state index contributed by atoms with van der Waals surface area (Å²) in [7, 11) is 1.89. The number of fused-ring (bicyclic) bond motifs is 1. The maximum atomic E-state index is 13.1. The van der Waals surface area contributed by atoms with Crippen LogP contribution in [0.3, 0.4) is 0 Å². The van der Waals surface area contributed by atoms with Crippen molar-refractivity contribution in [1.29, 1.82) is 5.41 Å². The Kier molecular flexibility index (Phi) is 9.26. The first-order valence-electron chi connectivity index (χ1n) is 17.6. The van der Waals surface area contributed by atoms with Crippen molar-refractivity contribution in [2.75, 3.05) is 43.4 Å². The van der Waals surface area contributed by atoms with Gasteiger partial charge in [0.15, 0.2) is 0 Å². The number of rotatable bonds is 9. The molecule has 3 amide bonds. The smallest absolute Gasteiger partial charge is 0.255 e. The van der Waals surface area contributed by atoms with E-state index >= 15 is 0 Å². The van der Waals surface area contributed by atoms with Crippen molar-refractivity contribution in [3.63, 3.8) is 0 Å². The van der Waals surface area contributed by atoms with E-state index in [0.717, 1.165) is 74.4 Å². The molecule has 7 rings (SSSR count). The van der Waals surface area contributed by atoms with E-state index in [1.807, 2.05) is 19.2 Å². The molecule has 4 heterocycles. The number of carbonyl (C=O) groups is 3. The average molecular weight is 663 g/mol. The van der Waals surface area contributed by atoms with Crippen LogP contribution < -0.4 is 15.5 Å². The summed E-state index contributed by atoms with van der Waals surface area (Å²) < 4.78 is 0. The lowest BCUT2D eigenvalue weighted by molar-refractivity contribution is -0.136. The molecule has 3 saturated heterocycles. The van der Waals surface area contributed by atoms with Gasteiger partial charge in [0.25, 0.3) is 5.91 Å². The van der Waals surface area contributed by atoms with Crippen LogP contribution in [0.1, 0.15) is 76.7 Å². The topological polar surface area (TPSA) is 129 Å². The van der Waals surface area contributed by atoms with E-state index in [-0.39, 0.29) is 18.2 Å². The standard InChI is InChI=1S/C39H46N6O4/c1-41-34-9-4-28(21-29(34)23-40)20-26-12-16-44(17-13-26)32-6-2-27(3-7-32)24-43-18-14-39(49,15-19-43)31-5-8-33-30(22-31)25-45(38(33)48)35-10-11-36(46)42-37(35)47/h2-9,21-23,26,35,40-41,49H,10-20,24-25H2,1H3,(H,42,46,47). The maximum absolute atomic E-state index is 13.1. The molecule has 4 aliphatic rings. The van der Waals surface area contributed by atoms with Gasteiger partial charge < -0.3 is 25.6 Å². The van der Waals surface area contributed by atoms with Crippen LogP contribution >= 0.6 is 0 Å². The zero-order chi connectivity index (χ0) is 34.1. The minimum absolute atomic E-state index is 0.196. The predicted molar refractivity (Wildman–Crippen MR) is 190 cm³/mol. The van der Waals surface area contributed by atoms with Crippen LogP contribution in [0.5, 0.6) is 0 Å². The first kappa shape index (κ1) is 33.0. The first-order valence-corrected chi connectivity index (χ1v) is 17.6. The van der Waals surface area contributed by atoms with Crippen LogP contribution in [0.15, 0.2) is 60.7 Å². The van der Waals surface area contributed by atoms with Gasteiger partial charge in [0.1, 0.15) is 6.04 Å². The summed E-state index contributed by atoms with van der Waals surface area (Å²) in [4.78, 5) is 43.6. The number of hydrogen-bond donors (Lipinski definition) is 4. The molecule has 0 saturated carbocycles. The monoisotopic (exact) mass is 662 g/mol. The number of aliphatic hydroxyl groups is 1. The molecule has 49 heavy (non-hydrogen) atoms. The fourth-order valence-electron chi connectivity index (χ4n) is 8.12. The maximum Gasteiger partial charge on any atom is 0.255 e. The van der Waals surface area contributed by atoms with Crippen LogP contribution in [-0.2, 0) is 34.7 Å². The average Bonchev–Trinajstić information content (AvgIpc) is 3.45. The highest BCUT2D eigenvalue weighted by Crippen LogP contribution is 2.37. The van der Waals surface area contributed by atoms with E-state index in [4.69, 9.17) is 5.41 Å². The Morgan fingerprint density at radius 2 is 1.67 bits per heavy atom. The summed E-state index contributed by atoms with van der Waals surface area (Å²) >= 11 is 0. The van der Waals surface area contributed by atoms with Gasteiger partial charge in [0.2, 0.25) is 11.8 Å². The lowest BCUT2D eigenvalue weighted by Gasteiger charge is -2.39. The third-order valence-corrected chi connectivity index (χ3v) is 11.1. The zero-order valence-corrected chi connectivity index (χ0v) is 28.2. The third kappa shape index (κ3) is 6.85. The Bertz CT molecular complexity index is 1740. The van der Waals surface area contributed by atoms with Crippen molar-refractivity contribution in [2.45, 2.75) is 69.7 Å². The molecule has 3 aromatic carbocycles. The molecule has 1 unspecified atom stereocenters. The zero-order valence-electron chi connectivity index (χ0n) is 28.2. The quantitative estimate of drug-likeness (QED) is 0.197. The highest BCUT2D eigenvalue weighted by atomic mass is 16.3. The lowest BCUT2D eigenvalue weighted by Crippen LogP contribution is -2.52. The number of carbonyl (C=O) groups excluding carboxylic acids is 3. The fraction of sp³-hybridized carbons (Fsp3) is 0.436. The van der Waals surface area contributed by atoms with Gasteiger partial charge in [-0.2, -0.15) is 0 Å². The van der Waals surface area contributed by atoms with E-state index in [1.54, 1.807) is 11.0 Å². The van der Waals surface area contributed by atoms with Gasteiger partial charge in [0.05, 0.1) is 5.60 Å². The van der Waals surface area contributed by atoms with Gasteiger partial charge in [-0.1, -0.05) is 30.3 Å². The van der Waals surface area contributed by atoms with Crippen molar-refractivity contribution in [2.24, 2.45) is 5.92 Å². The van der Waals surface area contributed by atoms with Crippen molar-refractivity contribution in [3.8, 4) is 0 Å². The molecule has 256 valence electrons. The third-order valence-electron chi connectivity index (χ3n) is 11.1. The molecule has 4 aliphatic heterocycles. The fourth-order valence-corrected chi connectivity index (χ4v) is 8.12. The van der Waals surface area contributed by atoms with Gasteiger partial charge >= 0.3 is 0 Å². The minimum atomic E-state index is -0.967. The van der Waals surface area contributed by atoms with Gasteiger partial charge in [0, 0.05) is 81.5 Å². The summed E-state index contributed by atoms with van der Waals surface area (Å²) in [6.45, 7) is 4.77. The van der Waals surface area contributed by atoms with Gasteiger partial charge in [-0.25, -0.2) is 0 Å². The minimum Gasteiger partial charge on any atom is -0.388 e. The van der Waals surface area contributed by atoms with Crippen LogP contribution in [-0.4, -0.2) is 78.1 Å². The van der Waals surface area contributed by atoms with Crippen molar-refractivity contribution in [3.05, 3.63) is 94.0 Å². The van der Waals surface area contributed by atoms with Crippen LogP contribution in [0, 0.1) is 11.3 Å². The molecule has 4 N–H and O–H groups in total. The van der Waals surface area contributed by atoms with Crippen molar-refractivity contribution < 1.29 is 19.5 Å². The normalized spacial score (nSPS) is 21.4. The molecule has 0 radical (unpaired) electrons. The number of likely N-dealkylation sites (tertiary alicyclic amines) is 1. The molecule has 0 aliphatic carbocycles. The molecule has 10 heteroatoms. The molecule has 0 bridgehead atoms. The number of imide groups is 1. The Hall–Kier alpha value is -4.54. The molecule has 0 aromatic heterocycles. The number of amides is 3. The number of piperidine rings is 3.